The van der Waals surface area contributed by atoms with Gasteiger partial charge in [-0.3, -0.25) is 4.40 Å². The largest absolute Gasteiger partial charge is 0.298 e. The lowest BCUT2D eigenvalue weighted by atomic mass is 9.99. The molecule has 4 aromatic heterocycles. The number of fused-ring (bicyclic) bond motifs is 6. The van der Waals surface area contributed by atoms with Crippen molar-refractivity contribution in [2.24, 2.45) is 0 Å². The van der Waals surface area contributed by atoms with Crippen LogP contribution in [0, 0.1) is 0 Å². The second kappa shape index (κ2) is 11.9. The van der Waals surface area contributed by atoms with Gasteiger partial charge in [0.25, 0.3) is 0 Å². The molecule has 0 saturated heterocycles. The molecule has 0 aliphatic carbocycles. The molecule has 0 unspecified atom stereocenters. The quantitative estimate of drug-likeness (QED) is 0.186. The Labute approximate surface area is 294 Å². The summed E-state index contributed by atoms with van der Waals surface area (Å²) in [6.07, 6.45) is 2.06. The van der Waals surface area contributed by atoms with E-state index in [0.29, 0.717) is 5.82 Å². The number of hydrogen-bond acceptors (Lipinski definition) is 4. The van der Waals surface area contributed by atoms with Crippen molar-refractivity contribution < 1.29 is 0 Å². The number of benzene rings is 6. The summed E-state index contributed by atoms with van der Waals surface area (Å²) in [4.78, 5) is 20.3. The number of hydrogen-bond donors (Lipinski definition) is 0. The molecule has 5 nitrogen and oxygen atoms in total. The monoisotopic (exact) mass is 651 g/mol. The van der Waals surface area contributed by atoms with Gasteiger partial charge in [0.05, 0.1) is 27.9 Å². The van der Waals surface area contributed by atoms with Gasteiger partial charge in [0.2, 0.25) is 0 Å². The minimum absolute atomic E-state index is 0.704. The van der Waals surface area contributed by atoms with Gasteiger partial charge in [-0.1, -0.05) is 140 Å². The van der Waals surface area contributed by atoms with E-state index in [1.54, 1.807) is 0 Å². The van der Waals surface area contributed by atoms with Crippen LogP contribution in [0.5, 0.6) is 0 Å². The van der Waals surface area contributed by atoms with E-state index in [9.17, 15) is 0 Å². The highest BCUT2D eigenvalue weighted by Gasteiger charge is 2.17. The molecule has 0 N–H and O–H groups in total. The fourth-order valence-electron chi connectivity index (χ4n) is 7.09. The van der Waals surface area contributed by atoms with E-state index in [4.69, 9.17) is 19.9 Å². The zero-order valence-corrected chi connectivity index (χ0v) is 27.5. The average Bonchev–Trinajstić information content (AvgIpc) is 3.61. The van der Waals surface area contributed by atoms with E-state index in [-0.39, 0.29) is 0 Å². The molecular formula is C46H29N5. The SMILES string of the molecule is c1ccc(-c2cccc(-c3nc(-c4ccc(-c5ccc(-c6nc7ccccc7c7nc8ccccn8c67)cc5)cc4)nc4ccccc34)c2)cc1. The molecular weight excluding hydrogens is 623 g/mol. The van der Waals surface area contributed by atoms with Crippen molar-refractivity contribution >= 4 is 38.5 Å². The first-order valence-corrected chi connectivity index (χ1v) is 17.1. The molecule has 0 radical (unpaired) electrons. The molecule has 5 heteroatoms. The van der Waals surface area contributed by atoms with Gasteiger partial charge >= 0.3 is 0 Å². The first-order valence-electron chi connectivity index (χ1n) is 17.1. The fraction of sp³-hybridized carbons (Fsp3) is 0. The van der Waals surface area contributed by atoms with Gasteiger partial charge in [-0.15, -0.1) is 0 Å². The van der Waals surface area contributed by atoms with Crippen LogP contribution in [0.15, 0.2) is 176 Å². The normalized spacial score (nSPS) is 11.5. The van der Waals surface area contributed by atoms with Crippen LogP contribution in [0.25, 0.3) is 94.6 Å². The van der Waals surface area contributed by atoms with Crippen LogP contribution >= 0.6 is 0 Å². The maximum absolute atomic E-state index is 5.16. The van der Waals surface area contributed by atoms with Gasteiger partial charge in [-0.05, 0) is 52.6 Å². The molecule has 0 bridgehead atoms. The molecule has 0 atom stereocenters. The number of rotatable bonds is 5. The van der Waals surface area contributed by atoms with Crippen LogP contribution < -0.4 is 0 Å². The Morgan fingerprint density at radius 2 is 0.941 bits per heavy atom. The summed E-state index contributed by atoms with van der Waals surface area (Å²) in [6.45, 7) is 0. The highest BCUT2D eigenvalue weighted by Crippen LogP contribution is 2.35. The van der Waals surface area contributed by atoms with Crippen molar-refractivity contribution in [1.29, 1.82) is 0 Å². The third-order valence-electron chi connectivity index (χ3n) is 9.63. The summed E-state index contributed by atoms with van der Waals surface area (Å²) in [5.74, 6) is 0.704. The Kier molecular flexibility index (Phi) is 6.74. The minimum Gasteiger partial charge on any atom is -0.298 e. The number of aromatic nitrogens is 5. The standard InChI is InChI=1S/C46H29N5/c1-2-11-30(12-3-1)35-13-10-14-36(29-35)42-37-15-4-7-18-40(37)48-46(50-42)34-26-22-32(23-27-34)31-20-24-33(25-21-31)43-45-44(38-16-5-6-17-39(38)47-43)49-41-19-8-9-28-51(41)45/h1-29H. The number of nitrogens with zero attached hydrogens (tertiary/aromatic N) is 5. The molecule has 0 fully saturated rings. The molecule has 4 heterocycles. The van der Waals surface area contributed by atoms with Crippen LogP contribution in [0.2, 0.25) is 0 Å². The van der Waals surface area contributed by atoms with Crippen LogP contribution in [-0.4, -0.2) is 24.3 Å². The molecule has 6 aromatic carbocycles. The van der Waals surface area contributed by atoms with Crippen LogP contribution in [0.1, 0.15) is 0 Å². The molecule has 10 aromatic rings. The lowest BCUT2D eigenvalue weighted by Crippen LogP contribution is -1.95. The van der Waals surface area contributed by atoms with Gasteiger partial charge in [-0.2, -0.15) is 0 Å². The number of imidazole rings is 1. The third-order valence-corrected chi connectivity index (χ3v) is 9.63. The van der Waals surface area contributed by atoms with Gasteiger partial charge in [0.1, 0.15) is 11.2 Å². The van der Waals surface area contributed by atoms with E-state index >= 15 is 0 Å². The van der Waals surface area contributed by atoms with Gasteiger partial charge in [-0.25, -0.2) is 19.9 Å². The Morgan fingerprint density at radius 3 is 1.73 bits per heavy atom. The summed E-state index contributed by atoms with van der Waals surface area (Å²) in [5.41, 5.74) is 14.3. The highest BCUT2D eigenvalue weighted by molar-refractivity contribution is 6.09. The van der Waals surface area contributed by atoms with Gasteiger partial charge < -0.3 is 0 Å². The Hall–Kier alpha value is -6.98. The Bertz CT molecular complexity index is 2890. The van der Waals surface area contributed by atoms with Gasteiger partial charge in [0, 0.05) is 33.7 Å². The lowest BCUT2D eigenvalue weighted by molar-refractivity contribution is 1.22. The third kappa shape index (κ3) is 5.03. The molecule has 0 aliphatic heterocycles. The fourth-order valence-corrected chi connectivity index (χ4v) is 7.09. The van der Waals surface area contributed by atoms with Crippen molar-refractivity contribution in [2.75, 3.05) is 0 Å². The highest BCUT2D eigenvalue weighted by atomic mass is 15.0. The Balaban J connectivity index is 1.01. The number of pyridine rings is 2. The maximum atomic E-state index is 5.16. The smallest absolute Gasteiger partial charge is 0.160 e. The summed E-state index contributed by atoms with van der Waals surface area (Å²) >= 11 is 0. The zero-order valence-electron chi connectivity index (χ0n) is 27.5. The molecule has 238 valence electrons. The maximum Gasteiger partial charge on any atom is 0.160 e. The van der Waals surface area contributed by atoms with Crippen molar-refractivity contribution in [3.8, 4) is 56.2 Å². The van der Waals surface area contributed by atoms with Crippen molar-refractivity contribution in [3.05, 3.63) is 176 Å². The minimum atomic E-state index is 0.704. The predicted octanol–water partition coefficient (Wildman–Crippen LogP) is 11.3. The van der Waals surface area contributed by atoms with E-state index < -0.39 is 0 Å². The predicted molar refractivity (Wildman–Crippen MR) is 208 cm³/mol. The lowest BCUT2D eigenvalue weighted by Gasteiger charge is -2.11. The summed E-state index contributed by atoms with van der Waals surface area (Å²) in [5, 5.41) is 2.09. The summed E-state index contributed by atoms with van der Waals surface area (Å²) in [6, 6.07) is 58.8. The summed E-state index contributed by atoms with van der Waals surface area (Å²) < 4.78 is 2.14. The Morgan fingerprint density at radius 1 is 0.353 bits per heavy atom. The first kappa shape index (κ1) is 29.0. The molecule has 10 rings (SSSR count). The zero-order chi connectivity index (χ0) is 33.7. The van der Waals surface area contributed by atoms with Crippen molar-refractivity contribution in [3.63, 3.8) is 0 Å². The van der Waals surface area contributed by atoms with Crippen LogP contribution in [-0.2, 0) is 0 Å². The molecule has 0 aliphatic rings. The second-order valence-electron chi connectivity index (χ2n) is 12.7. The first-order chi connectivity index (χ1) is 25.3. The van der Waals surface area contributed by atoms with Crippen LogP contribution in [0.3, 0.4) is 0 Å². The van der Waals surface area contributed by atoms with Gasteiger partial charge in [0.15, 0.2) is 5.82 Å². The number of para-hydroxylation sites is 2. The van der Waals surface area contributed by atoms with Crippen molar-refractivity contribution in [2.45, 2.75) is 0 Å². The van der Waals surface area contributed by atoms with E-state index in [2.05, 4.69) is 132 Å². The van der Waals surface area contributed by atoms with E-state index in [0.717, 1.165) is 83.3 Å². The molecule has 0 saturated carbocycles. The van der Waals surface area contributed by atoms with E-state index in [1.807, 2.05) is 48.5 Å². The molecule has 0 spiro atoms. The molecule has 0 amide bonds. The van der Waals surface area contributed by atoms with E-state index in [1.165, 1.54) is 5.56 Å². The van der Waals surface area contributed by atoms with Crippen LogP contribution in [0.4, 0.5) is 0 Å². The average molecular weight is 652 g/mol. The second-order valence-corrected chi connectivity index (χ2v) is 12.7. The topological polar surface area (TPSA) is 56.0 Å². The summed E-state index contributed by atoms with van der Waals surface area (Å²) in [7, 11) is 0. The molecule has 51 heavy (non-hydrogen) atoms. The van der Waals surface area contributed by atoms with Crippen molar-refractivity contribution in [1.82, 2.24) is 24.3 Å².